The molecule has 1 aromatic rings. The molecule has 0 amide bonds. The first-order valence-electron chi connectivity index (χ1n) is 5.31. The molecule has 0 radical (unpaired) electrons. The molecule has 3 heteroatoms. The van der Waals surface area contributed by atoms with Gasteiger partial charge in [-0.05, 0) is 24.6 Å². The highest BCUT2D eigenvalue weighted by molar-refractivity contribution is 6.21. The fourth-order valence-corrected chi connectivity index (χ4v) is 2.20. The van der Waals surface area contributed by atoms with Gasteiger partial charge in [0.2, 0.25) is 0 Å². The van der Waals surface area contributed by atoms with Crippen LogP contribution in [0.2, 0.25) is 0 Å². The third-order valence-corrected chi connectivity index (χ3v) is 3.78. The lowest BCUT2D eigenvalue weighted by molar-refractivity contribution is 0.425. The number of nitrogens with zero attached hydrogens (tertiary/aromatic N) is 2. The topological polar surface area (TPSA) is 16.1 Å². The smallest absolute Gasteiger partial charge is 0.128 e. The molecule has 1 aliphatic rings. The summed E-state index contributed by atoms with van der Waals surface area (Å²) < 4.78 is 0. The van der Waals surface area contributed by atoms with Crippen molar-refractivity contribution in [3.63, 3.8) is 0 Å². The number of anilines is 1. The zero-order chi connectivity index (χ0) is 11.1. The maximum Gasteiger partial charge on any atom is 0.128 e. The highest BCUT2D eigenvalue weighted by Gasteiger charge is 2.38. The Balaban J connectivity index is 2.21. The van der Waals surface area contributed by atoms with Gasteiger partial charge in [-0.1, -0.05) is 13.8 Å². The molecule has 0 saturated carbocycles. The second kappa shape index (κ2) is 3.67. The summed E-state index contributed by atoms with van der Waals surface area (Å²) in [7, 11) is 0. The maximum atomic E-state index is 6.32. The van der Waals surface area contributed by atoms with Crippen molar-refractivity contribution in [1.29, 1.82) is 0 Å². The van der Waals surface area contributed by atoms with Gasteiger partial charge < -0.3 is 4.90 Å². The highest BCUT2D eigenvalue weighted by Crippen LogP contribution is 2.35. The zero-order valence-electron chi connectivity index (χ0n) is 9.50. The van der Waals surface area contributed by atoms with E-state index in [1.807, 2.05) is 12.3 Å². The van der Waals surface area contributed by atoms with Crippen LogP contribution in [0.3, 0.4) is 0 Å². The molecule has 2 nitrogen and oxygen atoms in total. The number of alkyl halides is 1. The molecule has 1 atom stereocenters. The van der Waals surface area contributed by atoms with Crippen LogP contribution in [0.25, 0.3) is 0 Å². The van der Waals surface area contributed by atoms with Gasteiger partial charge in [-0.15, -0.1) is 11.6 Å². The largest absolute Gasteiger partial charge is 0.355 e. The first kappa shape index (κ1) is 10.7. The summed E-state index contributed by atoms with van der Waals surface area (Å²) in [6.07, 6.45) is 1.86. The van der Waals surface area contributed by atoms with Crippen LogP contribution in [0.4, 0.5) is 5.82 Å². The lowest BCUT2D eigenvalue weighted by Crippen LogP contribution is -2.24. The predicted molar refractivity (Wildman–Crippen MR) is 64.6 cm³/mol. The summed E-state index contributed by atoms with van der Waals surface area (Å²) >= 11 is 6.32. The van der Waals surface area contributed by atoms with E-state index in [-0.39, 0.29) is 10.8 Å². The van der Waals surface area contributed by atoms with Gasteiger partial charge in [0.15, 0.2) is 0 Å². The normalized spacial score (nSPS) is 24.5. The number of pyridine rings is 1. The average Bonchev–Trinajstić information content (AvgIpc) is 2.42. The summed E-state index contributed by atoms with van der Waals surface area (Å²) in [5.41, 5.74) is 1.42. The Hall–Kier alpha value is -0.760. The van der Waals surface area contributed by atoms with Gasteiger partial charge in [0.25, 0.3) is 0 Å². The summed E-state index contributed by atoms with van der Waals surface area (Å²) in [5, 5.41) is 0.208. The van der Waals surface area contributed by atoms with Crippen molar-refractivity contribution in [2.75, 3.05) is 18.0 Å². The predicted octanol–water partition coefficient (Wildman–Crippen LogP) is 2.84. The Labute approximate surface area is 96.3 Å². The lowest BCUT2D eigenvalue weighted by Gasteiger charge is -2.21. The first-order chi connectivity index (χ1) is 6.99. The molecule has 1 unspecified atom stereocenters. The van der Waals surface area contributed by atoms with Crippen molar-refractivity contribution < 1.29 is 0 Å². The summed E-state index contributed by atoms with van der Waals surface area (Å²) in [5.74, 6) is 1.05. The monoisotopic (exact) mass is 224 g/mol. The molecule has 15 heavy (non-hydrogen) atoms. The minimum Gasteiger partial charge on any atom is -0.355 e. The van der Waals surface area contributed by atoms with E-state index >= 15 is 0 Å². The van der Waals surface area contributed by atoms with Crippen LogP contribution in [-0.2, 0) is 0 Å². The highest BCUT2D eigenvalue weighted by atomic mass is 35.5. The molecule has 82 valence electrons. The summed E-state index contributed by atoms with van der Waals surface area (Å²) in [6.45, 7) is 8.38. The Bertz CT molecular complexity index is 362. The van der Waals surface area contributed by atoms with Crippen LogP contribution in [-0.4, -0.2) is 23.5 Å². The molecule has 0 aliphatic carbocycles. The SMILES string of the molecule is Cc1ccnc(N2CC(Cl)C(C)(C)C2)c1. The molecule has 1 aliphatic heterocycles. The van der Waals surface area contributed by atoms with Crippen molar-refractivity contribution in [3.8, 4) is 0 Å². The van der Waals surface area contributed by atoms with E-state index in [1.54, 1.807) is 0 Å². The molecule has 2 rings (SSSR count). The quantitative estimate of drug-likeness (QED) is 0.682. The maximum absolute atomic E-state index is 6.32. The van der Waals surface area contributed by atoms with Gasteiger partial charge in [0.1, 0.15) is 5.82 Å². The van der Waals surface area contributed by atoms with Gasteiger partial charge in [-0.3, -0.25) is 0 Å². The fourth-order valence-electron chi connectivity index (χ4n) is 1.96. The lowest BCUT2D eigenvalue weighted by atomic mass is 9.92. The van der Waals surface area contributed by atoms with E-state index in [2.05, 4.69) is 36.7 Å². The number of halogens is 1. The van der Waals surface area contributed by atoms with Gasteiger partial charge >= 0.3 is 0 Å². The number of hydrogen-bond donors (Lipinski definition) is 0. The Kier molecular flexibility index (Phi) is 2.63. The summed E-state index contributed by atoms with van der Waals surface area (Å²) in [6, 6.07) is 4.13. The number of aromatic nitrogens is 1. The third-order valence-electron chi connectivity index (χ3n) is 3.05. The average molecular weight is 225 g/mol. The van der Waals surface area contributed by atoms with E-state index in [0.29, 0.717) is 0 Å². The van der Waals surface area contributed by atoms with E-state index in [1.165, 1.54) is 5.56 Å². The molecule has 0 aromatic carbocycles. The first-order valence-corrected chi connectivity index (χ1v) is 5.74. The van der Waals surface area contributed by atoms with Crippen LogP contribution in [0.1, 0.15) is 19.4 Å². The van der Waals surface area contributed by atoms with E-state index in [4.69, 9.17) is 11.6 Å². The van der Waals surface area contributed by atoms with Crippen molar-refractivity contribution >= 4 is 17.4 Å². The minimum absolute atomic E-state index is 0.174. The third kappa shape index (κ3) is 2.10. The van der Waals surface area contributed by atoms with Gasteiger partial charge in [-0.25, -0.2) is 4.98 Å². The molecular formula is C12H17ClN2. The van der Waals surface area contributed by atoms with Crippen LogP contribution < -0.4 is 4.90 Å². The molecule has 1 saturated heterocycles. The van der Waals surface area contributed by atoms with Crippen molar-refractivity contribution in [2.24, 2.45) is 5.41 Å². The van der Waals surface area contributed by atoms with Crippen LogP contribution in [0.15, 0.2) is 18.3 Å². The number of rotatable bonds is 1. The molecule has 1 fully saturated rings. The Morgan fingerprint density at radius 3 is 2.80 bits per heavy atom. The molecule has 0 spiro atoms. The number of aryl methyl sites for hydroxylation is 1. The van der Waals surface area contributed by atoms with E-state index < -0.39 is 0 Å². The minimum atomic E-state index is 0.174. The number of hydrogen-bond acceptors (Lipinski definition) is 2. The molecule has 2 heterocycles. The fraction of sp³-hybridized carbons (Fsp3) is 0.583. The van der Waals surface area contributed by atoms with E-state index in [9.17, 15) is 0 Å². The van der Waals surface area contributed by atoms with Gasteiger partial charge in [0.05, 0.1) is 5.38 Å². The van der Waals surface area contributed by atoms with Crippen LogP contribution in [0.5, 0.6) is 0 Å². The van der Waals surface area contributed by atoms with Gasteiger partial charge in [0, 0.05) is 24.7 Å². The van der Waals surface area contributed by atoms with Crippen molar-refractivity contribution in [2.45, 2.75) is 26.1 Å². The Morgan fingerprint density at radius 1 is 1.53 bits per heavy atom. The van der Waals surface area contributed by atoms with Gasteiger partial charge in [-0.2, -0.15) is 0 Å². The Morgan fingerprint density at radius 2 is 2.27 bits per heavy atom. The molecule has 1 aromatic heterocycles. The molecule has 0 N–H and O–H groups in total. The van der Waals surface area contributed by atoms with E-state index in [0.717, 1.165) is 18.9 Å². The standard InChI is InChI=1S/C12H17ClN2/c1-9-4-5-14-11(6-9)15-7-10(13)12(2,3)8-15/h4-6,10H,7-8H2,1-3H3. The zero-order valence-corrected chi connectivity index (χ0v) is 10.3. The van der Waals surface area contributed by atoms with Crippen molar-refractivity contribution in [1.82, 2.24) is 4.98 Å². The van der Waals surface area contributed by atoms with Crippen molar-refractivity contribution in [3.05, 3.63) is 23.9 Å². The molecular weight excluding hydrogens is 208 g/mol. The molecule has 0 bridgehead atoms. The van der Waals surface area contributed by atoms with Crippen LogP contribution >= 0.6 is 11.6 Å². The second-order valence-corrected chi connectivity index (χ2v) is 5.55. The van der Waals surface area contributed by atoms with Crippen LogP contribution in [0, 0.1) is 12.3 Å². The second-order valence-electron chi connectivity index (χ2n) is 5.03. The summed E-state index contributed by atoms with van der Waals surface area (Å²) in [4.78, 5) is 6.66.